The van der Waals surface area contributed by atoms with Gasteiger partial charge in [0.1, 0.15) is 5.75 Å². The quantitative estimate of drug-likeness (QED) is 0.593. The fraction of sp³-hybridized carbons (Fsp3) is 0.417. The number of nitrogens with one attached hydrogen (secondary N) is 1. The molecule has 0 spiro atoms. The topological polar surface area (TPSA) is 64.6 Å². The van der Waals surface area contributed by atoms with Crippen molar-refractivity contribution in [3.63, 3.8) is 0 Å². The van der Waals surface area contributed by atoms with Crippen LogP contribution in [0.2, 0.25) is 0 Å². The van der Waals surface area contributed by atoms with Crippen LogP contribution in [0.15, 0.2) is 42.5 Å². The number of carbonyl (C=O) groups excluding carboxylic acids is 2. The Labute approximate surface area is 173 Å². The lowest BCUT2D eigenvalue weighted by molar-refractivity contribution is -0.155. The van der Waals surface area contributed by atoms with E-state index >= 15 is 0 Å². The van der Waals surface area contributed by atoms with Crippen molar-refractivity contribution in [2.24, 2.45) is 0 Å². The number of amides is 1. The van der Waals surface area contributed by atoms with Crippen LogP contribution in [0, 0.1) is 0 Å². The molecule has 156 valence electrons. The van der Waals surface area contributed by atoms with Crippen LogP contribution in [-0.2, 0) is 22.4 Å². The third-order valence-electron chi connectivity index (χ3n) is 4.89. The molecule has 0 saturated heterocycles. The molecule has 1 N–H and O–H groups in total. The molecule has 0 aliphatic carbocycles. The van der Waals surface area contributed by atoms with Gasteiger partial charge in [-0.2, -0.15) is 0 Å². The van der Waals surface area contributed by atoms with Gasteiger partial charge in [0.15, 0.2) is 6.10 Å². The van der Waals surface area contributed by atoms with Crippen LogP contribution < -0.4 is 10.1 Å². The van der Waals surface area contributed by atoms with E-state index in [2.05, 4.69) is 19.2 Å². The summed E-state index contributed by atoms with van der Waals surface area (Å²) in [4.78, 5) is 24.7. The molecule has 29 heavy (non-hydrogen) atoms. The second-order valence-electron chi connectivity index (χ2n) is 7.05. The molecule has 0 saturated carbocycles. The highest BCUT2D eigenvalue weighted by Crippen LogP contribution is 2.24. The summed E-state index contributed by atoms with van der Waals surface area (Å²) in [6.07, 6.45) is 1.59. The molecule has 2 rings (SSSR count). The minimum atomic E-state index is -0.716. The van der Waals surface area contributed by atoms with Gasteiger partial charge in [-0.15, -0.1) is 0 Å². The van der Waals surface area contributed by atoms with Crippen LogP contribution in [0.1, 0.15) is 62.5 Å². The Morgan fingerprint density at radius 2 is 1.52 bits per heavy atom. The second-order valence-corrected chi connectivity index (χ2v) is 7.05. The Morgan fingerprint density at radius 3 is 2.03 bits per heavy atom. The Bertz CT molecular complexity index is 807. The van der Waals surface area contributed by atoms with Crippen LogP contribution in [-0.4, -0.2) is 24.1 Å². The highest BCUT2D eigenvalue weighted by atomic mass is 16.6. The molecule has 0 unspecified atom stereocenters. The lowest BCUT2D eigenvalue weighted by Gasteiger charge is -2.17. The Balaban J connectivity index is 2.05. The van der Waals surface area contributed by atoms with Crippen molar-refractivity contribution in [3.05, 3.63) is 59.2 Å². The van der Waals surface area contributed by atoms with Gasteiger partial charge in [0, 0.05) is 11.3 Å². The van der Waals surface area contributed by atoms with Crippen LogP contribution in [0.3, 0.4) is 0 Å². The van der Waals surface area contributed by atoms with E-state index in [1.807, 2.05) is 32.0 Å². The average Bonchev–Trinajstić information content (AvgIpc) is 2.73. The number of ether oxygens (including phenoxy) is 2. The third-order valence-corrected chi connectivity index (χ3v) is 4.89. The van der Waals surface area contributed by atoms with Crippen LogP contribution in [0.5, 0.6) is 5.75 Å². The monoisotopic (exact) mass is 397 g/mol. The normalized spacial score (nSPS) is 12.7. The van der Waals surface area contributed by atoms with Gasteiger partial charge in [-0.3, -0.25) is 4.79 Å². The van der Waals surface area contributed by atoms with Crippen molar-refractivity contribution in [2.75, 3.05) is 5.32 Å². The molecule has 5 heteroatoms. The SMILES string of the molecule is CCc1cccc(CC)c1NC(=O)c1ccc(O[C@H](C)C(=O)O[C@H](C)CC)cc1. The molecular weight excluding hydrogens is 366 g/mol. The van der Waals surface area contributed by atoms with Crippen LogP contribution in [0.25, 0.3) is 0 Å². The van der Waals surface area contributed by atoms with Gasteiger partial charge in [-0.25, -0.2) is 4.79 Å². The van der Waals surface area contributed by atoms with Gasteiger partial charge in [0.2, 0.25) is 0 Å². The molecule has 0 radical (unpaired) electrons. The number of carbonyl (C=O) groups is 2. The Hall–Kier alpha value is -2.82. The average molecular weight is 398 g/mol. The maximum Gasteiger partial charge on any atom is 0.347 e. The number of esters is 1. The number of aryl methyl sites for hydroxylation is 2. The first-order valence-corrected chi connectivity index (χ1v) is 10.3. The summed E-state index contributed by atoms with van der Waals surface area (Å²) in [6.45, 7) is 9.60. The van der Waals surface area contributed by atoms with E-state index in [1.54, 1.807) is 31.2 Å². The number of rotatable bonds is 9. The summed E-state index contributed by atoms with van der Waals surface area (Å²) in [5.74, 6) is -0.0563. The number of benzene rings is 2. The van der Waals surface area contributed by atoms with Crippen LogP contribution in [0.4, 0.5) is 5.69 Å². The van der Waals surface area contributed by atoms with Gasteiger partial charge in [0.05, 0.1) is 6.10 Å². The van der Waals surface area contributed by atoms with Crippen molar-refractivity contribution in [1.29, 1.82) is 0 Å². The van der Waals surface area contributed by atoms with Crippen molar-refractivity contribution in [3.8, 4) is 5.75 Å². The molecule has 0 bridgehead atoms. The second kappa shape index (κ2) is 10.6. The first-order valence-electron chi connectivity index (χ1n) is 10.3. The molecule has 1 amide bonds. The Kier molecular flexibility index (Phi) is 8.25. The number of hydrogen-bond acceptors (Lipinski definition) is 4. The summed E-state index contributed by atoms with van der Waals surface area (Å²) in [7, 11) is 0. The lowest BCUT2D eigenvalue weighted by Crippen LogP contribution is -2.29. The van der Waals surface area contributed by atoms with E-state index in [-0.39, 0.29) is 12.0 Å². The minimum Gasteiger partial charge on any atom is -0.479 e. The maximum atomic E-state index is 12.7. The van der Waals surface area contributed by atoms with E-state index in [0.29, 0.717) is 11.3 Å². The highest BCUT2D eigenvalue weighted by Gasteiger charge is 2.19. The van der Waals surface area contributed by atoms with E-state index in [4.69, 9.17) is 9.47 Å². The smallest absolute Gasteiger partial charge is 0.347 e. The summed E-state index contributed by atoms with van der Waals surface area (Å²) >= 11 is 0. The van der Waals surface area contributed by atoms with Crippen molar-refractivity contribution in [1.82, 2.24) is 0 Å². The fourth-order valence-corrected chi connectivity index (χ4v) is 2.90. The zero-order valence-corrected chi connectivity index (χ0v) is 18.0. The van der Waals surface area contributed by atoms with Gasteiger partial charge < -0.3 is 14.8 Å². The summed E-state index contributed by atoms with van der Waals surface area (Å²) in [6, 6.07) is 12.8. The molecular formula is C24H31NO4. The molecule has 0 aliphatic heterocycles. The molecule has 2 aromatic carbocycles. The Morgan fingerprint density at radius 1 is 0.931 bits per heavy atom. The number of anilines is 1. The lowest BCUT2D eigenvalue weighted by atomic mass is 10.0. The summed E-state index contributed by atoms with van der Waals surface area (Å²) < 4.78 is 10.9. The molecule has 0 aliphatic rings. The molecule has 2 aromatic rings. The summed E-state index contributed by atoms with van der Waals surface area (Å²) in [5.41, 5.74) is 3.65. The zero-order chi connectivity index (χ0) is 21.4. The first kappa shape index (κ1) is 22.5. The van der Waals surface area contributed by atoms with Crippen molar-refractivity contribution < 1.29 is 19.1 Å². The molecule has 0 fully saturated rings. The zero-order valence-electron chi connectivity index (χ0n) is 18.0. The molecule has 2 atom stereocenters. The molecule has 0 aromatic heterocycles. The van der Waals surface area contributed by atoms with E-state index in [9.17, 15) is 9.59 Å². The predicted octanol–water partition coefficient (Wildman–Crippen LogP) is 5.17. The van der Waals surface area contributed by atoms with Crippen LogP contribution >= 0.6 is 0 Å². The molecule has 5 nitrogen and oxygen atoms in total. The van der Waals surface area contributed by atoms with Gasteiger partial charge in [0.25, 0.3) is 5.91 Å². The van der Waals surface area contributed by atoms with E-state index < -0.39 is 12.1 Å². The summed E-state index contributed by atoms with van der Waals surface area (Å²) in [5, 5.41) is 3.05. The molecule has 0 heterocycles. The third kappa shape index (κ3) is 6.08. The predicted molar refractivity (Wildman–Crippen MR) is 116 cm³/mol. The van der Waals surface area contributed by atoms with E-state index in [1.165, 1.54) is 0 Å². The standard InChI is InChI=1S/C24H31NO4/c1-6-16(4)28-24(27)17(5)29-21-14-12-20(13-15-21)23(26)25-22-18(7-2)10-9-11-19(22)8-3/h9-17H,6-8H2,1-5H3,(H,25,26)/t16-,17-/m1/s1. The van der Waals surface area contributed by atoms with Crippen molar-refractivity contribution >= 4 is 17.6 Å². The number of para-hydroxylation sites is 1. The largest absolute Gasteiger partial charge is 0.479 e. The first-order chi connectivity index (χ1) is 13.9. The van der Waals surface area contributed by atoms with E-state index in [0.717, 1.165) is 36.1 Å². The van der Waals surface area contributed by atoms with Gasteiger partial charge in [-0.05, 0) is 68.5 Å². The van der Waals surface area contributed by atoms with Crippen molar-refractivity contribution in [2.45, 2.75) is 66.1 Å². The maximum absolute atomic E-state index is 12.7. The minimum absolute atomic E-state index is 0.140. The highest BCUT2D eigenvalue weighted by molar-refractivity contribution is 6.05. The van der Waals surface area contributed by atoms with Gasteiger partial charge in [-0.1, -0.05) is 39.0 Å². The number of hydrogen-bond donors (Lipinski definition) is 1. The fourth-order valence-electron chi connectivity index (χ4n) is 2.90. The van der Waals surface area contributed by atoms with Gasteiger partial charge >= 0.3 is 5.97 Å².